The molecule has 1 aliphatic rings. The molecular weight excluding hydrogens is 347 g/mol. The van der Waals surface area contributed by atoms with E-state index in [0.717, 1.165) is 16.6 Å². The number of aliphatic hydroxyl groups is 1. The molecule has 1 aliphatic heterocycles. The maximum absolute atomic E-state index is 13.5. The van der Waals surface area contributed by atoms with Crippen LogP contribution in [0.25, 0.3) is 22.4 Å². The van der Waals surface area contributed by atoms with Crippen molar-refractivity contribution in [1.29, 1.82) is 0 Å². The summed E-state index contributed by atoms with van der Waals surface area (Å²) in [5.41, 5.74) is 3.87. The molecule has 1 aromatic heterocycles. The van der Waals surface area contributed by atoms with Crippen molar-refractivity contribution in [2.75, 3.05) is 11.9 Å². The fourth-order valence-electron chi connectivity index (χ4n) is 3.46. The minimum atomic E-state index is -0.492. The molecule has 3 N–H and O–H groups in total. The number of imidazole rings is 1. The third-order valence-electron chi connectivity index (χ3n) is 5.02. The number of fused-ring (bicyclic) bond motifs is 1. The fraction of sp³-hybridized carbons (Fsp3) is 0.300. The number of carbonyl (C=O) groups excluding carboxylic acids is 1. The maximum atomic E-state index is 13.5. The van der Waals surface area contributed by atoms with Gasteiger partial charge in [0, 0.05) is 30.9 Å². The Kier molecular flexibility index (Phi) is 4.41. The summed E-state index contributed by atoms with van der Waals surface area (Å²) in [6.45, 7) is 2.34. The molecule has 140 valence electrons. The van der Waals surface area contributed by atoms with Crippen molar-refractivity contribution in [3.63, 3.8) is 0 Å². The van der Waals surface area contributed by atoms with E-state index in [-0.39, 0.29) is 11.7 Å². The van der Waals surface area contributed by atoms with Crippen LogP contribution in [0, 0.1) is 12.7 Å². The van der Waals surface area contributed by atoms with Gasteiger partial charge in [-0.15, -0.1) is 0 Å². The summed E-state index contributed by atoms with van der Waals surface area (Å²) in [6.07, 6.45) is -0.0884. The van der Waals surface area contributed by atoms with E-state index in [1.54, 1.807) is 6.07 Å². The van der Waals surface area contributed by atoms with Crippen molar-refractivity contribution >= 4 is 22.6 Å². The van der Waals surface area contributed by atoms with E-state index in [0.29, 0.717) is 30.0 Å². The summed E-state index contributed by atoms with van der Waals surface area (Å²) in [5.74, 6) is 0.203. The number of benzene rings is 2. The number of β-amino-alcohol motifs (C(OH)–C–C–N with tert-alkyl or cyclic N) is 1. The summed E-state index contributed by atoms with van der Waals surface area (Å²) in [6, 6.07) is 9.85. The minimum absolute atomic E-state index is 0.168. The number of nitrogens with zero attached hydrogens (tertiary/aromatic N) is 2. The van der Waals surface area contributed by atoms with E-state index >= 15 is 0 Å². The van der Waals surface area contributed by atoms with Gasteiger partial charge in [0.15, 0.2) is 0 Å². The number of nitrogens with one attached hydrogen (secondary N) is 2. The van der Waals surface area contributed by atoms with Crippen molar-refractivity contribution in [3.05, 3.63) is 47.8 Å². The highest BCUT2D eigenvalue weighted by Crippen LogP contribution is 2.28. The van der Waals surface area contributed by atoms with Gasteiger partial charge in [0.05, 0.1) is 23.2 Å². The van der Waals surface area contributed by atoms with Crippen molar-refractivity contribution in [1.82, 2.24) is 14.9 Å². The monoisotopic (exact) mass is 368 g/mol. The highest BCUT2D eigenvalue weighted by Gasteiger charge is 2.28. The third kappa shape index (κ3) is 3.31. The Bertz CT molecular complexity index is 1030. The predicted molar refractivity (Wildman–Crippen MR) is 102 cm³/mol. The van der Waals surface area contributed by atoms with Crippen molar-refractivity contribution < 1.29 is 14.3 Å². The maximum Gasteiger partial charge on any atom is 0.241 e. The molecule has 2 aromatic carbocycles. The van der Waals surface area contributed by atoms with E-state index in [4.69, 9.17) is 0 Å². The second-order valence-corrected chi connectivity index (χ2v) is 7.00. The molecule has 0 radical (unpaired) electrons. The summed E-state index contributed by atoms with van der Waals surface area (Å²) < 4.78 is 15.4. The molecule has 2 unspecified atom stereocenters. The Morgan fingerprint density at radius 2 is 2.15 bits per heavy atom. The number of aryl methyl sites for hydroxylation is 2. The summed E-state index contributed by atoms with van der Waals surface area (Å²) in [7, 11) is 1.88. The van der Waals surface area contributed by atoms with E-state index < -0.39 is 12.1 Å². The summed E-state index contributed by atoms with van der Waals surface area (Å²) >= 11 is 0. The molecule has 1 amide bonds. The van der Waals surface area contributed by atoms with Crippen molar-refractivity contribution in [2.24, 2.45) is 7.05 Å². The molecule has 0 bridgehead atoms. The van der Waals surface area contributed by atoms with Crippen LogP contribution in [0.4, 0.5) is 10.1 Å². The highest BCUT2D eigenvalue weighted by atomic mass is 19.1. The number of amides is 1. The normalized spacial score (nSPS) is 19.6. The number of rotatable bonds is 3. The van der Waals surface area contributed by atoms with E-state index in [1.807, 2.05) is 36.7 Å². The molecular formula is C20H21FN4O2. The SMILES string of the molecule is Cc1ccc(-c2nc3cc(F)ccc3n2C)cc1NC(=O)C1CC(O)CN1. The number of anilines is 1. The van der Waals surface area contributed by atoms with Gasteiger partial charge in [0.25, 0.3) is 0 Å². The fourth-order valence-corrected chi connectivity index (χ4v) is 3.46. The highest BCUT2D eigenvalue weighted by molar-refractivity contribution is 5.96. The smallest absolute Gasteiger partial charge is 0.241 e. The molecule has 6 nitrogen and oxygen atoms in total. The summed E-state index contributed by atoms with van der Waals surface area (Å²) in [5, 5.41) is 15.5. The molecule has 1 fully saturated rings. The molecule has 2 heterocycles. The number of carbonyl (C=O) groups is 1. The molecule has 0 saturated carbocycles. The Balaban J connectivity index is 1.66. The first kappa shape index (κ1) is 17.6. The molecule has 0 spiro atoms. The third-order valence-corrected chi connectivity index (χ3v) is 5.02. The van der Waals surface area contributed by atoms with Gasteiger partial charge in [-0.1, -0.05) is 12.1 Å². The average Bonchev–Trinajstić information content (AvgIpc) is 3.20. The first-order chi connectivity index (χ1) is 12.9. The van der Waals surface area contributed by atoms with Gasteiger partial charge in [-0.3, -0.25) is 4.79 Å². The largest absolute Gasteiger partial charge is 0.392 e. The van der Waals surface area contributed by atoms with Gasteiger partial charge >= 0.3 is 0 Å². The zero-order valence-corrected chi connectivity index (χ0v) is 15.2. The van der Waals surface area contributed by atoms with Crippen LogP contribution in [-0.4, -0.2) is 39.3 Å². The van der Waals surface area contributed by atoms with Gasteiger partial charge < -0.3 is 20.3 Å². The summed E-state index contributed by atoms with van der Waals surface area (Å²) in [4.78, 5) is 17.0. The zero-order valence-electron chi connectivity index (χ0n) is 15.2. The molecule has 7 heteroatoms. The van der Waals surface area contributed by atoms with Crippen LogP contribution in [0.1, 0.15) is 12.0 Å². The van der Waals surface area contributed by atoms with Gasteiger partial charge in [-0.05, 0) is 37.1 Å². The zero-order chi connectivity index (χ0) is 19.1. The van der Waals surface area contributed by atoms with Gasteiger partial charge in [-0.25, -0.2) is 9.37 Å². The molecule has 2 atom stereocenters. The van der Waals surface area contributed by atoms with Crippen LogP contribution >= 0.6 is 0 Å². The van der Waals surface area contributed by atoms with Crippen molar-refractivity contribution in [3.8, 4) is 11.4 Å². The lowest BCUT2D eigenvalue weighted by atomic mass is 10.1. The lowest BCUT2D eigenvalue weighted by Gasteiger charge is -2.14. The van der Waals surface area contributed by atoms with E-state index in [2.05, 4.69) is 15.6 Å². The Hall–Kier alpha value is -2.77. The second-order valence-electron chi connectivity index (χ2n) is 7.00. The quantitative estimate of drug-likeness (QED) is 0.663. The van der Waals surface area contributed by atoms with Crippen molar-refractivity contribution in [2.45, 2.75) is 25.5 Å². The van der Waals surface area contributed by atoms with Crippen LogP contribution in [0.15, 0.2) is 36.4 Å². The second kappa shape index (κ2) is 6.75. The number of aromatic nitrogens is 2. The van der Waals surface area contributed by atoms with Crippen LogP contribution in [0.3, 0.4) is 0 Å². The van der Waals surface area contributed by atoms with Crippen LogP contribution in [0.5, 0.6) is 0 Å². The van der Waals surface area contributed by atoms with Gasteiger partial charge in [0.1, 0.15) is 11.6 Å². The lowest BCUT2D eigenvalue weighted by molar-refractivity contribution is -0.117. The molecule has 4 rings (SSSR count). The van der Waals surface area contributed by atoms with Gasteiger partial charge in [-0.2, -0.15) is 0 Å². The predicted octanol–water partition coefficient (Wildman–Crippen LogP) is 2.35. The Morgan fingerprint density at radius 1 is 1.33 bits per heavy atom. The standard InChI is InChI=1S/C20H21FN4O2/c1-11-3-4-12(7-15(11)24-20(27)17-9-14(26)10-22-17)19-23-16-8-13(21)5-6-18(16)25(19)2/h3-8,14,17,22,26H,9-10H2,1-2H3,(H,24,27). The van der Waals surface area contributed by atoms with Crippen LogP contribution in [-0.2, 0) is 11.8 Å². The molecule has 1 saturated heterocycles. The van der Waals surface area contributed by atoms with E-state index in [9.17, 15) is 14.3 Å². The average molecular weight is 368 g/mol. The minimum Gasteiger partial charge on any atom is -0.392 e. The number of aliphatic hydroxyl groups excluding tert-OH is 1. The Morgan fingerprint density at radius 3 is 2.89 bits per heavy atom. The number of hydrogen-bond donors (Lipinski definition) is 3. The topological polar surface area (TPSA) is 79.2 Å². The lowest BCUT2D eigenvalue weighted by Crippen LogP contribution is -2.35. The molecule has 27 heavy (non-hydrogen) atoms. The number of hydrogen-bond acceptors (Lipinski definition) is 4. The van der Waals surface area contributed by atoms with E-state index in [1.165, 1.54) is 12.1 Å². The molecule has 0 aliphatic carbocycles. The molecule has 3 aromatic rings. The van der Waals surface area contributed by atoms with Crippen LogP contribution in [0.2, 0.25) is 0 Å². The van der Waals surface area contributed by atoms with Crippen LogP contribution < -0.4 is 10.6 Å². The van der Waals surface area contributed by atoms with Gasteiger partial charge in [0.2, 0.25) is 5.91 Å². The first-order valence-corrected chi connectivity index (χ1v) is 8.87. The number of halogens is 1. The first-order valence-electron chi connectivity index (χ1n) is 8.87. The Labute approximate surface area is 156 Å².